The van der Waals surface area contributed by atoms with E-state index in [1.165, 1.54) is 0 Å². The molecule has 0 unspecified atom stereocenters. The summed E-state index contributed by atoms with van der Waals surface area (Å²) in [6, 6.07) is 7.46. The van der Waals surface area contributed by atoms with E-state index < -0.39 is 5.97 Å². The number of carbonyl (C=O) groups is 2. The quantitative estimate of drug-likeness (QED) is 0.760. The second kappa shape index (κ2) is 7.54. The third kappa shape index (κ3) is 4.41. The van der Waals surface area contributed by atoms with Gasteiger partial charge in [0.1, 0.15) is 0 Å². The molecule has 1 aromatic rings. The predicted molar refractivity (Wildman–Crippen MR) is 86.0 cm³/mol. The monoisotopic (exact) mass is 303 g/mol. The van der Waals surface area contributed by atoms with Crippen LogP contribution in [0.3, 0.4) is 0 Å². The molecule has 120 valence electrons. The average Bonchev–Trinajstić information content (AvgIpc) is 2.98. The largest absolute Gasteiger partial charge is 0.481 e. The van der Waals surface area contributed by atoms with Crippen molar-refractivity contribution in [2.45, 2.75) is 33.1 Å². The van der Waals surface area contributed by atoms with Gasteiger partial charge in [-0.25, -0.2) is 0 Å². The molecule has 0 aromatic heterocycles. The summed E-state index contributed by atoms with van der Waals surface area (Å²) in [6.07, 6.45) is 1.92. The maximum absolute atomic E-state index is 12.2. The van der Waals surface area contributed by atoms with Crippen molar-refractivity contribution < 1.29 is 14.7 Å². The summed E-state index contributed by atoms with van der Waals surface area (Å²) < 4.78 is 0. The molecule has 0 radical (unpaired) electrons. The highest BCUT2D eigenvalue weighted by Crippen LogP contribution is 2.24. The van der Waals surface area contributed by atoms with Gasteiger partial charge in [0.05, 0.1) is 5.92 Å². The van der Waals surface area contributed by atoms with E-state index in [2.05, 4.69) is 5.32 Å². The van der Waals surface area contributed by atoms with Gasteiger partial charge in [0.25, 0.3) is 0 Å². The Bertz CT molecular complexity index is 533. The maximum atomic E-state index is 12.2. The van der Waals surface area contributed by atoms with Crippen LogP contribution in [0.1, 0.15) is 42.6 Å². The number of rotatable bonds is 7. The summed E-state index contributed by atoms with van der Waals surface area (Å²) in [5.74, 6) is -0.496. The van der Waals surface area contributed by atoms with Crippen LogP contribution in [-0.4, -0.2) is 29.9 Å². The number of carbonyl (C=O) groups excluding carboxylic acids is 1. The molecule has 2 rings (SSSR count). The number of hydrogen-bond donors (Lipinski definition) is 2. The molecule has 0 saturated carbocycles. The number of carboxylic acid groups (broad SMARTS) is 1. The summed E-state index contributed by atoms with van der Waals surface area (Å²) in [5, 5.41) is 12.7. The topological polar surface area (TPSA) is 66.4 Å². The summed E-state index contributed by atoms with van der Waals surface area (Å²) in [7, 11) is 0. The Morgan fingerprint density at radius 2 is 2.14 bits per heavy atom. The van der Waals surface area contributed by atoms with E-state index in [9.17, 15) is 14.7 Å². The lowest BCUT2D eigenvalue weighted by Gasteiger charge is -2.19. The van der Waals surface area contributed by atoms with Crippen molar-refractivity contribution >= 4 is 11.8 Å². The van der Waals surface area contributed by atoms with Crippen molar-refractivity contribution in [3.8, 4) is 0 Å². The van der Waals surface area contributed by atoms with Crippen LogP contribution in [-0.2, 0) is 11.2 Å². The van der Waals surface area contributed by atoms with E-state index in [1.54, 1.807) is 0 Å². The molecule has 1 aliphatic rings. The lowest BCUT2D eigenvalue weighted by molar-refractivity contribution is -0.143. The fraction of sp³-hybridized carbons (Fsp3) is 0.556. The molecular formula is C18H25NO3. The Balaban J connectivity index is 2.11. The highest BCUT2D eigenvalue weighted by Gasteiger charge is 2.30. The van der Waals surface area contributed by atoms with Gasteiger partial charge in [-0.2, -0.15) is 0 Å². The molecule has 1 heterocycles. The standard InChI is InChI=1S/C18H25NO3/c1-12(2)8-17(20)14-5-3-4-13(9-14)10-16(18(21)22)15-6-7-19-11-15/h3-5,9,12,15-16,19H,6-8,10-11H2,1-2H3,(H,21,22)/t15-,16-/m1/s1. The molecule has 0 amide bonds. The third-order valence-corrected chi connectivity index (χ3v) is 4.28. The number of ketones is 1. The van der Waals surface area contributed by atoms with Crippen molar-refractivity contribution in [2.75, 3.05) is 13.1 Å². The molecular weight excluding hydrogens is 278 g/mol. The fourth-order valence-corrected chi connectivity index (χ4v) is 3.09. The number of aliphatic carboxylic acids is 1. The van der Waals surface area contributed by atoms with Crippen LogP contribution in [0.25, 0.3) is 0 Å². The van der Waals surface area contributed by atoms with Crippen LogP contribution >= 0.6 is 0 Å². The summed E-state index contributed by atoms with van der Waals surface area (Å²) >= 11 is 0. The smallest absolute Gasteiger partial charge is 0.307 e. The van der Waals surface area contributed by atoms with Crippen molar-refractivity contribution in [1.82, 2.24) is 5.32 Å². The first kappa shape index (κ1) is 16.7. The lowest BCUT2D eigenvalue weighted by atomic mass is 9.85. The van der Waals surface area contributed by atoms with Crippen molar-refractivity contribution in [1.29, 1.82) is 0 Å². The number of benzene rings is 1. The fourth-order valence-electron chi connectivity index (χ4n) is 3.09. The number of hydrogen-bond acceptors (Lipinski definition) is 3. The first-order chi connectivity index (χ1) is 10.5. The normalized spacial score (nSPS) is 19.3. The molecule has 0 aliphatic carbocycles. The first-order valence-electron chi connectivity index (χ1n) is 8.03. The third-order valence-electron chi connectivity index (χ3n) is 4.28. The summed E-state index contributed by atoms with van der Waals surface area (Å²) in [4.78, 5) is 23.7. The van der Waals surface area contributed by atoms with E-state index in [-0.39, 0.29) is 17.6 Å². The van der Waals surface area contributed by atoms with Crippen molar-refractivity contribution in [3.05, 3.63) is 35.4 Å². The maximum Gasteiger partial charge on any atom is 0.307 e. The van der Waals surface area contributed by atoms with Crippen LogP contribution in [0.4, 0.5) is 0 Å². The van der Waals surface area contributed by atoms with Gasteiger partial charge >= 0.3 is 5.97 Å². The molecule has 1 fully saturated rings. The van der Waals surface area contributed by atoms with Crippen LogP contribution in [0, 0.1) is 17.8 Å². The highest BCUT2D eigenvalue weighted by molar-refractivity contribution is 5.96. The molecule has 4 nitrogen and oxygen atoms in total. The number of carboxylic acids is 1. The zero-order chi connectivity index (χ0) is 16.1. The van der Waals surface area contributed by atoms with Gasteiger partial charge in [0.15, 0.2) is 5.78 Å². The summed E-state index contributed by atoms with van der Waals surface area (Å²) in [6.45, 7) is 5.70. The Kier molecular flexibility index (Phi) is 5.72. The summed E-state index contributed by atoms with van der Waals surface area (Å²) in [5.41, 5.74) is 1.63. The Morgan fingerprint density at radius 3 is 2.73 bits per heavy atom. The van der Waals surface area contributed by atoms with Gasteiger partial charge in [-0.3, -0.25) is 9.59 Å². The Hall–Kier alpha value is -1.68. The van der Waals surface area contributed by atoms with E-state index in [1.807, 2.05) is 38.1 Å². The minimum Gasteiger partial charge on any atom is -0.481 e. The molecule has 1 aromatic carbocycles. The second-order valence-corrected chi connectivity index (χ2v) is 6.62. The van der Waals surface area contributed by atoms with E-state index in [4.69, 9.17) is 0 Å². The van der Waals surface area contributed by atoms with Crippen LogP contribution in [0.2, 0.25) is 0 Å². The number of Topliss-reactive ketones (excluding diaryl/α,β-unsaturated/α-hetero) is 1. The van der Waals surface area contributed by atoms with Gasteiger partial charge in [-0.1, -0.05) is 32.0 Å². The van der Waals surface area contributed by atoms with Crippen LogP contribution < -0.4 is 5.32 Å². The second-order valence-electron chi connectivity index (χ2n) is 6.62. The van der Waals surface area contributed by atoms with Crippen LogP contribution in [0.5, 0.6) is 0 Å². The van der Waals surface area contributed by atoms with Gasteiger partial charge < -0.3 is 10.4 Å². The molecule has 2 atom stereocenters. The van der Waals surface area contributed by atoms with E-state index >= 15 is 0 Å². The SMILES string of the molecule is CC(C)CC(=O)c1cccc(C[C@@H](C(=O)O)[C@@H]2CCNC2)c1. The zero-order valence-corrected chi connectivity index (χ0v) is 13.3. The first-order valence-corrected chi connectivity index (χ1v) is 8.03. The number of nitrogens with one attached hydrogen (secondary N) is 1. The van der Waals surface area contributed by atoms with Gasteiger partial charge in [0.2, 0.25) is 0 Å². The highest BCUT2D eigenvalue weighted by atomic mass is 16.4. The van der Waals surface area contributed by atoms with Crippen LogP contribution in [0.15, 0.2) is 24.3 Å². The molecule has 0 bridgehead atoms. The lowest BCUT2D eigenvalue weighted by Crippen LogP contribution is -2.27. The zero-order valence-electron chi connectivity index (χ0n) is 13.3. The Labute approximate surface area is 131 Å². The molecule has 1 saturated heterocycles. The predicted octanol–water partition coefficient (Wildman–Crippen LogP) is 2.77. The minimum absolute atomic E-state index is 0.131. The molecule has 22 heavy (non-hydrogen) atoms. The van der Waals surface area contributed by atoms with E-state index in [0.717, 1.165) is 25.1 Å². The van der Waals surface area contributed by atoms with Crippen molar-refractivity contribution in [3.63, 3.8) is 0 Å². The minimum atomic E-state index is -0.743. The van der Waals surface area contributed by atoms with Gasteiger partial charge in [0, 0.05) is 12.0 Å². The van der Waals surface area contributed by atoms with E-state index in [0.29, 0.717) is 24.3 Å². The molecule has 2 N–H and O–H groups in total. The van der Waals surface area contributed by atoms with Crippen molar-refractivity contribution in [2.24, 2.45) is 17.8 Å². The van der Waals surface area contributed by atoms with Gasteiger partial charge in [-0.05, 0) is 49.4 Å². The molecule has 1 aliphatic heterocycles. The Morgan fingerprint density at radius 1 is 1.36 bits per heavy atom. The molecule has 0 spiro atoms. The molecule has 4 heteroatoms. The van der Waals surface area contributed by atoms with Gasteiger partial charge in [-0.15, -0.1) is 0 Å². The average molecular weight is 303 g/mol.